The fraction of sp³-hybridized carbons (Fsp3) is 0.241. The van der Waals surface area contributed by atoms with Gasteiger partial charge in [0.1, 0.15) is 29.7 Å². The number of esters is 2. The van der Waals surface area contributed by atoms with Gasteiger partial charge in [0.25, 0.3) is 5.91 Å². The van der Waals surface area contributed by atoms with Crippen LogP contribution < -0.4 is 10.1 Å². The minimum atomic E-state index is -0.584. The first-order valence-corrected chi connectivity index (χ1v) is 12.8. The van der Waals surface area contributed by atoms with Crippen LogP contribution in [0.4, 0.5) is 0 Å². The second-order valence-corrected chi connectivity index (χ2v) is 9.58. The number of ether oxygens (including phenoxy) is 3. The predicted molar refractivity (Wildman–Crippen MR) is 144 cm³/mol. The number of hydrogen-bond donors (Lipinski definition) is 1. The van der Waals surface area contributed by atoms with E-state index in [4.69, 9.17) is 14.2 Å². The van der Waals surface area contributed by atoms with Crippen LogP contribution in [0.25, 0.3) is 5.57 Å². The number of thioether (sulfide) groups is 1. The van der Waals surface area contributed by atoms with E-state index in [-0.39, 0.29) is 24.3 Å². The lowest BCUT2D eigenvalue weighted by atomic mass is 9.90. The third kappa shape index (κ3) is 7.14. The van der Waals surface area contributed by atoms with Crippen LogP contribution >= 0.6 is 11.8 Å². The van der Waals surface area contributed by atoms with Gasteiger partial charge < -0.3 is 19.5 Å². The number of nitrogens with zero attached hydrogens (tertiary/aromatic N) is 1. The highest BCUT2D eigenvalue weighted by Gasteiger charge is 2.28. The molecule has 0 spiro atoms. The number of para-hydroxylation sites is 1. The molecule has 0 bridgehead atoms. The van der Waals surface area contributed by atoms with Crippen molar-refractivity contribution in [1.29, 1.82) is 5.26 Å². The maximum absolute atomic E-state index is 13.0. The number of rotatable bonds is 11. The number of carbonyl (C=O) groups excluding carboxylic acids is 3. The van der Waals surface area contributed by atoms with Gasteiger partial charge in [-0.15, -0.1) is 11.8 Å². The molecule has 38 heavy (non-hydrogen) atoms. The van der Waals surface area contributed by atoms with E-state index in [0.29, 0.717) is 52.6 Å². The molecule has 1 aliphatic heterocycles. The van der Waals surface area contributed by atoms with Gasteiger partial charge in [0.05, 0.1) is 13.2 Å². The number of benzene rings is 2. The highest BCUT2D eigenvalue weighted by molar-refractivity contribution is 7.99. The van der Waals surface area contributed by atoms with Gasteiger partial charge in [0.15, 0.2) is 0 Å². The normalized spacial score (nSPS) is 12.6. The summed E-state index contributed by atoms with van der Waals surface area (Å²) in [5, 5.41) is 12.6. The molecule has 0 atom stereocenters. The van der Waals surface area contributed by atoms with Crippen LogP contribution in [0, 0.1) is 11.3 Å². The molecule has 1 N–H and O–H groups in total. The van der Waals surface area contributed by atoms with Crippen LogP contribution in [0.3, 0.4) is 0 Å². The lowest BCUT2D eigenvalue weighted by Gasteiger charge is -2.24. The third-order valence-electron chi connectivity index (χ3n) is 5.30. The van der Waals surface area contributed by atoms with Crippen molar-refractivity contribution in [2.24, 2.45) is 0 Å². The molecule has 2 aromatic carbocycles. The predicted octanol–water partition coefficient (Wildman–Crippen LogP) is 4.95. The van der Waals surface area contributed by atoms with Gasteiger partial charge in [-0.05, 0) is 44.5 Å². The zero-order valence-corrected chi connectivity index (χ0v) is 22.1. The number of hydrogen-bond acceptors (Lipinski definition) is 8. The summed E-state index contributed by atoms with van der Waals surface area (Å²) in [6.45, 7) is 10.5. The molecule has 0 saturated carbocycles. The topological polar surface area (TPSA) is 115 Å². The van der Waals surface area contributed by atoms with E-state index in [2.05, 4.69) is 18.5 Å². The Hall–Kier alpha value is -4.29. The first kappa shape index (κ1) is 28.3. The first-order valence-electron chi connectivity index (χ1n) is 11.8. The molecule has 1 aliphatic rings. The van der Waals surface area contributed by atoms with Gasteiger partial charge in [-0.2, -0.15) is 5.26 Å². The summed E-state index contributed by atoms with van der Waals surface area (Å²) in [5.74, 6) is 0.225. The van der Waals surface area contributed by atoms with Gasteiger partial charge in [0, 0.05) is 38.5 Å². The summed E-state index contributed by atoms with van der Waals surface area (Å²) in [7, 11) is 0. The standard InChI is InChI=1S/C29H28N2O6S/c1-18(2)28(33)35-13-7-15-38-20-10-11-22-25(16-20)37-24-9-6-5-8-21(24)26(22)23(17-30)27(32)31-12-14-36-29(34)19(3)4/h5-6,8-11,16H,1,3,7,12-15H2,2,4H3,(H,31,32). The Morgan fingerprint density at radius 3 is 2.32 bits per heavy atom. The molecule has 9 heteroatoms. The fourth-order valence-electron chi connectivity index (χ4n) is 3.46. The van der Waals surface area contributed by atoms with Crippen molar-refractivity contribution < 1.29 is 28.6 Å². The summed E-state index contributed by atoms with van der Waals surface area (Å²) in [6, 6.07) is 14.8. The van der Waals surface area contributed by atoms with Crippen molar-refractivity contribution in [3.63, 3.8) is 0 Å². The molecule has 3 rings (SSSR count). The van der Waals surface area contributed by atoms with E-state index in [0.717, 1.165) is 4.90 Å². The van der Waals surface area contributed by atoms with Gasteiger partial charge in [-0.1, -0.05) is 31.4 Å². The smallest absolute Gasteiger partial charge is 0.333 e. The second kappa shape index (κ2) is 13.3. The van der Waals surface area contributed by atoms with Crippen LogP contribution in [-0.4, -0.2) is 43.4 Å². The summed E-state index contributed by atoms with van der Waals surface area (Å²) >= 11 is 1.57. The molecule has 0 saturated heterocycles. The van der Waals surface area contributed by atoms with E-state index in [1.165, 1.54) is 6.92 Å². The molecule has 1 heterocycles. The summed E-state index contributed by atoms with van der Waals surface area (Å²) < 4.78 is 16.3. The summed E-state index contributed by atoms with van der Waals surface area (Å²) in [4.78, 5) is 37.0. The third-order valence-corrected chi connectivity index (χ3v) is 6.38. The molecule has 0 fully saturated rings. The largest absolute Gasteiger partial charge is 0.462 e. The Balaban J connectivity index is 1.78. The van der Waals surface area contributed by atoms with E-state index < -0.39 is 17.8 Å². The zero-order valence-electron chi connectivity index (χ0n) is 21.3. The highest BCUT2D eigenvalue weighted by Crippen LogP contribution is 2.46. The fourth-order valence-corrected chi connectivity index (χ4v) is 4.31. The molecule has 0 aliphatic carbocycles. The molecular formula is C29H28N2O6S. The SMILES string of the molecule is C=C(C)C(=O)OCCCSc1ccc2c(c1)Oc1ccccc1C2=C(C#N)C(=O)NCCOC(=O)C(=C)C. The monoisotopic (exact) mass is 532 g/mol. The number of nitriles is 1. The van der Waals surface area contributed by atoms with E-state index in [9.17, 15) is 19.6 Å². The van der Waals surface area contributed by atoms with Gasteiger partial charge in [-0.3, -0.25) is 4.79 Å². The van der Waals surface area contributed by atoms with Crippen molar-refractivity contribution >= 4 is 35.2 Å². The lowest BCUT2D eigenvalue weighted by molar-refractivity contribution is -0.139. The molecule has 2 aromatic rings. The Labute approximate surface area is 226 Å². The molecular weight excluding hydrogens is 504 g/mol. The number of carbonyl (C=O) groups is 3. The molecule has 0 aromatic heterocycles. The van der Waals surface area contributed by atoms with Crippen molar-refractivity contribution in [1.82, 2.24) is 5.32 Å². The van der Waals surface area contributed by atoms with Gasteiger partial charge >= 0.3 is 11.9 Å². The van der Waals surface area contributed by atoms with Gasteiger partial charge in [0.2, 0.25) is 0 Å². The minimum Gasteiger partial charge on any atom is -0.462 e. The van der Waals surface area contributed by atoms with E-state index in [1.807, 2.05) is 36.4 Å². The molecule has 0 unspecified atom stereocenters. The zero-order chi connectivity index (χ0) is 27.7. The second-order valence-electron chi connectivity index (χ2n) is 8.41. The molecule has 196 valence electrons. The van der Waals surface area contributed by atoms with Crippen molar-refractivity contribution in [2.75, 3.05) is 25.5 Å². The quantitative estimate of drug-likeness (QED) is 0.121. The van der Waals surface area contributed by atoms with Crippen LogP contribution in [-0.2, 0) is 23.9 Å². The lowest BCUT2D eigenvalue weighted by Crippen LogP contribution is -2.30. The maximum Gasteiger partial charge on any atom is 0.333 e. The molecule has 0 radical (unpaired) electrons. The number of nitrogens with one attached hydrogen (secondary N) is 1. The number of amides is 1. The molecule has 1 amide bonds. The van der Waals surface area contributed by atoms with E-state index >= 15 is 0 Å². The Kier molecular flexibility index (Phi) is 9.91. The Morgan fingerprint density at radius 2 is 1.63 bits per heavy atom. The van der Waals surface area contributed by atoms with Crippen LogP contribution in [0.1, 0.15) is 31.4 Å². The Morgan fingerprint density at radius 1 is 0.974 bits per heavy atom. The average Bonchev–Trinajstić information content (AvgIpc) is 2.90. The maximum atomic E-state index is 13.0. The highest BCUT2D eigenvalue weighted by atomic mass is 32.2. The summed E-state index contributed by atoms with van der Waals surface area (Å²) in [6.07, 6.45) is 0.663. The summed E-state index contributed by atoms with van der Waals surface area (Å²) in [5.41, 5.74) is 2.25. The first-order chi connectivity index (χ1) is 18.2. The number of fused-ring (bicyclic) bond motifs is 2. The van der Waals surface area contributed by atoms with Crippen LogP contribution in [0.2, 0.25) is 0 Å². The molecule has 8 nitrogen and oxygen atoms in total. The average molecular weight is 533 g/mol. The van der Waals surface area contributed by atoms with Crippen molar-refractivity contribution in [2.45, 2.75) is 25.2 Å². The van der Waals surface area contributed by atoms with Crippen molar-refractivity contribution in [3.8, 4) is 17.6 Å². The van der Waals surface area contributed by atoms with Crippen LogP contribution in [0.15, 0.2) is 77.2 Å². The Bertz CT molecular complexity index is 1360. The van der Waals surface area contributed by atoms with E-state index in [1.54, 1.807) is 30.8 Å². The minimum absolute atomic E-state index is 0.0403. The van der Waals surface area contributed by atoms with Gasteiger partial charge in [-0.25, -0.2) is 9.59 Å². The van der Waals surface area contributed by atoms with Crippen molar-refractivity contribution in [3.05, 3.63) is 83.5 Å². The van der Waals surface area contributed by atoms with Crippen LogP contribution in [0.5, 0.6) is 11.5 Å².